The van der Waals surface area contributed by atoms with Crippen molar-refractivity contribution >= 4 is 6.09 Å². The zero-order valence-electron chi connectivity index (χ0n) is 24.3. The lowest BCUT2D eigenvalue weighted by Gasteiger charge is -2.75. The van der Waals surface area contributed by atoms with E-state index < -0.39 is 17.3 Å². The number of likely N-dealkylation sites (N-methyl/N-ethyl adjacent to an activating group) is 2. The first kappa shape index (κ1) is 26.1. The number of carbonyl (C=O) groups excluding carboxylic acids is 1. The van der Waals surface area contributed by atoms with Gasteiger partial charge in [0.05, 0.1) is 37.2 Å². The number of methoxy groups -OCH3 is 1. The van der Waals surface area contributed by atoms with Crippen LogP contribution in [0.3, 0.4) is 0 Å². The van der Waals surface area contributed by atoms with Crippen LogP contribution < -0.4 is 15.2 Å². The van der Waals surface area contributed by atoms with Gasteiger partial charge in [-0.15, -0.1) is 0 Å². The van der Waals surface area contributed by atoms with Gasteiger partial charge in [-0.1, -0.05) is 6.07 Å². The topological polar surface area (TPSA) is 94.2 Å². The summed E-state index contributed by atoms with van der Waals surface area (Å²) < 4.78 is 20.7. The van der Waals surface area contributed by atoms with Gasteiger partial charge in [-0.3, -0.25) is 0 Å². The van der Waals surface area contributed by atoms with E-state index in [4.69, 9.17) is 19.9 Å². The average Bonchev–Trinajstić information content (AvgIpc) is 3.62. The number of piperidine rings is 1. The van der Waals surface area contributed by atoms with E-state index in [0.717, 1.165) is 54.8 Å². The van der Waals surface area contributed by atoms with E-state index in [2.05, 4.69) is 13.1 Å². The van der Waals surface area contributed by atoms with Gasteiger partial charge in [0.1, 0.15) is 11.7 Å². The van der Waals surface area contributed by atoms with Crippen LogP contribution in [0.1, 0.15) is 63.5 Å². The quantitative estimate of drug-likeness (QED) is 0.516. The van der Waals surface area contributed by atoms with Crippen molar-refractivity contribution in [2.24, 2.45) is 23.0 Å². The van der Waals surface area contributed by atoms with E-state index in [1.54, 1.807) is 14.2 Å². The molecule has 8 heteroatoms. The van der Waals surface area contributed by atoms with Gasteiger partial charge >= 0.3 is 6.09 Å². The zero-order valence-corrected chi connectivity index (χ0v) is 24.3. The maximum absolute atomic E-state index is 13.0. The second kappa shape index (κ2) is 8.11. The summed E-state index contributed by atoms with van der Waals surface area (Å²) in [6, 6.07) is 4.60. The molecular weight excluding hydrogens is 494 g/mol. The number of hydrogen-bond donors (Lipinski definition) is 2. The molecule has 214 valence electrons. The first-order valence-corrected chi connectivity index (χ1v) is 15.0. The Morgan fingerprint density at radius 1 is 1.28 bits per heavy atom. The summed E-state index contributed by atoms with van der Waals surface area (Å²) in [4.78, 5) is 14.5. The molecule has 1 amide bonds. The highest BCUT2D eigenvalue weighted by atomic mass is 16.6. The minimum Gasteiger partial charge on any atom is -0.482 e. The van der Waals surface area contributed by atoms with E-state index in [0.29, 0.717) is 24.9 Å². The number of benzene rings is 1. The van der Waals surface area contributed by atoms with Crippen LogP contribution in [0.2, 0.25) is 0 Å². The van der Waals surface area contributed by atoms with Crippen LogP contribution in [0, 0.1) is 17.3 Å². The number of nitrogens with zero attached hydrogens (tertiary/aromatic N) is 2. The van der Waals surface area contributed by atoms with Crippen molar-refractivity contribution in [1.82, 2.24) is 4.90 Å². The van der Waals surface area contributed by atoms with Crippen molar-refractivity contribution in [3.8, 4) is 11.5 Å². The Morgan fingerprint density at radius 2 is 2.05 bits per heavy atom. The third-order valence-electron chi connectivity index (χ3n) is 12.2. The van der Waals surface area contributed by atoms with Crippen molar-refractivity contribution in [3.63, 3.8) is 0 Å². The Labute approximate surface area is 232 Å². The van der Waals surface area contributed by atoms with E-state index in [1.807, 2.05) is 19.9 Å². The molecule has 0 aromatic heterocycles. The smallest absolute Gasteiger partial charge is 0.415 e. The number of likely N-dealkylation sites (tertiary alicyclic amines) is 1. The molecule has 1 aromatic carbocycles. The van der Waals surface area contributed by atoms with Crippen LogP contribution in [0.25, 0.3) is 0 Å². The SMILES string of the molecule is CO[C@]12CC[C@@]3(C[C@@H]1C(C)(C)O)C1Cc4ccc(OC(=O)N(C)CCN)c5c4[C@@]3(CC[N@+]1(C)CC1CC1)[C@H]2O5. The van der Waals surface area contributed by atoms with Gasteiger partial charge in [0.25, 0.3) is 0 Å². The number of nitrogens with two attached hydrogens (primary N) is 1. The molecule has 1 saturated heterocycles. The fraction of sp³-hybridized carbons (Fsp3) is 0.774. The first-order valence-electron chi connectivity index (χ1n) is 15.0. The number of aliphatic hydroxyl groups is 1. The number of quaternary nitrogens is 1. The molecule has 7 atom stereocenters. The molecule has 5 fully saturated rings. The molecule has 2 heterocycles. The number of fused-ring (bicyclic) bond motifs is 2. The number of amides is 1. The molecule has 0 radical (unpaired) electrons. The van der Waals surface area contributed by atoms with Crippen LogP contribution in [0.4, 0.5) is 4.79 Å². The highest BCUT2D eigenvalue weighted by Crippen LogP contribution is 2.78. The van der Waals surface area contributed by atoms with Gasteiger partial charge in [0.2, 0.25) is 0 Å². The Hall–Kier alpha value is -1.87. The molecule has 8 nitrogen and oxygen atoms in total. The number of rotatable bonds is 7. The van der Waals surface area contributed by atoms with Crippen molar-refractivity contribution in [2.45, 2.75) is 87.6 Å². The molecular formula is C31H46N3O5+. The van der Waals surface area contributed by atoms with Crippen molar-refractivity contribution in [2.75, 3.05) is 47.4 Å². The summed E-state index contributed by atoms with van der Waals surface area (Å²) in [5, 5.41) is 11.6. The van der Waals surface area contributed by atoms with E-state index in [1.165, 1.54) is 35.4 Å². The van der Waals surface area contributed by atoms with E-state index >= 15 is 0 Å². The third-order valence-corrected chi connectivity index (χ3v) is 12.2. The lowest BCUT2D eigenvalue weighted by Crippen LogP contribution is -2.84. The van der Waals surface area contributed by atoms with Gasteiger partial charge in [0, 0.05) is 62.9 Å². The van der Waals surface area contributed by atoms with Crippen LogP contribution in [0.15, 0.2) is 12.1 Å². The lowest BCUT2D eigenvalue weighted by molar-refractivity contribution is -0.952. The molecule has 5 aliphatic carbocycles. The highest BCUT2D eigenvalue weighted by molar-refractivity contribution is 5.73. The molecule has 1 aromatic rings. The third kappa shape index (κ3) is 3.18. The fourth-order valence-corrected chi connectivity index (χ4v) is 10.5. The lowest BCUT2D eigenvalue weighted by atomic mass is 9.33. The average molecular weight is 541 g/mol. The molecule has 2 spiro atoms. The van der Waals surface area contributed by atoms with Gasteiger partial charge in [-0.2, -0.15) is 0 Å². The largest absolute Gasteiger partial charge is 0.482 e. The molecule has 7 aliphatic rings. The standard InChI is InChI=1S/C31H46N3O5/c1-28(2,36)22-17-29-10-11-31(22,37-5)26-30(29)12-15-34(4,18-19-6-7-19)23(29)16-20-8-9-21(25(39-26)24(20)30)38-27(35)33(3)14-13-32/h8-9,19,22-23,26,36H,6-7,10-18,32H2,1-5H3/q+1/t22-,23?,26-,29-,30+,31-,34-/m1/s1. The maximum Gasteiger partial charge on any atom is 0.415 e. The predicted octanol–water partition coefficient (Wildman–Crippen LogP) is 3.22. The molecule has 8 rings (SSSR count). The molecule has 39 heavy (non-hydrogen) atoms. The second-order valence-corrected chi connectivity index (χ2v) is 14.5. The van der Waals surface area contributed by atoms with Crippen LogP contribution in [0.5, 0.6) is 11.5 Å². The summed E-state index contributed by atoms with van der Waals surface area (Å²) >= 11 is 0. The van der Waals surface area contributed by atoms with E-state index in [9.17, 15) is 9.90 Å². The maximum atomic E-state index is 13.0. The van der Waals surface area contributed by atoms with Crippen molar-refractivity contribution in [1.29, 1.82) is 0 Å². The monoisotopic (exact) mass is 540 g/mol. The first-order chi connectivity index (χ1) is 18.5. The fourth-order valence-electron chi connectivity index (χ4n) is 10.5. The molecule has 1 unspecified atom stereocenters. The highest BCUT2D eigenvalue weighted by Gasteiger charge is 2.84. The Bertz CT molecular complexity index is 1210. The van der Waals surface area contributed by atoms with Crippen LogP contribution >= 0.6 is 0 Å². The van der Waals surface area contributed by atoms with Crippen molar-refractivity contribution in [3.05, 3.63) is 23.3 Å². The molecule has 3 N–H and O–H groups in total. The van der Waals surface area contributed by atoms with Gasteiger partial charge in [-0.25, -0.2) is 4.79 Å². The normalized spacial score (nSPS) is 41.2. The minimum absolute atomic E-state index is 0.00171. The zero-order chi connectivity index (χ0) is 27.6. The number of ether oxygens (including phenoxy) is 3. The van der Waals surface area contributed by atoms with Crippen LogP contribution in [-0.4, -0.2) is 91.3 Å². The summed E-state index contributed by atoms with van der Waals surface area (Å²) in [6.45, 7) is 7.08. The molecule has 2 aliphatic heterocycles. The second-order valence-electron chi connectivity index (χ2n) is 14.5. The number of hydrogen-bond acceptors (Lipinski definition) is 6. The Balaban J connectivity index is 1.42. The summed E-state index contributed by atoms with van der Waals surface area (Å²) in [6.07, 6.45) is 7.01. The van der Waals surface area contributed by atoms with Crippen LogP contribution in [-0.2, 0) is 16.6 Å². The summed E-state index contributed by atoms with van der Waals surface area (Å²) in [7, 11) is 6.02. The van der Waals surface area contributed by atoms with Gasteiger partial charge in [0.15, 0.2) is 11.5 Å². The Morgan fingerprint density at radius 3 is 2.72 bits per heavy atom. The van der Waals surface area contributed by atoms with Crippen molar-refractivity contribution < 1.29 is 28.6 Å². The van der Waals surface area contributed by atoms with Gasteiger partial charge < -0.3 is 34.4 Å². The minimum atomic E-state index is -0.905. The summed E-state index contributed by atoms with van der Waals surface area (Å²) in [5.41, 5.74) is 6.59. The molecule has 4 bridgehead atoms. The van der Waals surface area contributed by atoms with E-state index in [-0.39, 0.29) is 22.9 Å². The number of carbonyl (C=O) groups is 1. The molecule has 4 saturated carbocycles. The van der Waals surface area contributed by atoms with Gasteiger partial charge in [-0.05, 0) is 57.6 Å². The summed E-state index contributed by atoms with van der Waals surface area (Å²) in [5.74, 6) is 2.02. The Kier molecular flexibility index (Phi) is 5.42. The predicted molar refractivity (Wildman–Crippen MR) is 147 cm³/mol.